The second-order valence-corrected chi connectivity index (χ2v) is 7.63. The number of hydrogen-bond donors (Lipinski definition) is 0. The molecule has 0 N–H and O–H groups in total. The van der Waals surface area contributed by atoms with Crippen molar-refractivity contribution >= 4 is 18.6 Å². The van der Waals surface area contributed by atoms with Crippen LogP contribution in [0, 0.1) is 19.3 Å². The molecule has 1 saturated heterocycles. The lowest BCUT2D eigenvalue weighted by molar-refractivity contribution is 0.0342. The van der Waals surface area contributed by atoms with Gasteiger partial charge in [-0.25, -0.2) is 4.79 Å². The van der Waals surface area contributed by atoms with Crippen molar-refractivity contribution < 1.29 is 18.8 Å². The molecule has 1 aliphatic rings. The third-order valence-corrected chi connectivity index (χ3v) is 4.72. The molecular weight excluding hydrogens is 331 g/mol. The minimum Gasteiger partial charge on any atom is -0.464 e. The van der Waals surface area contributed by atoms with Gasteiger partial charge in [0.2, 0.25) is 0 Å². The van der Waals surface area contributed by atoms with Gasteiger partial charge >= 0.3 is 13.1 Å². The SMILES string of the molecule is COC(=O)c1c(C)c(-c2ccc(C)c(B3OCC(C)(C)CO3)c2)nn1C. The first-order valence-corrected chi connectivity index (χ1v) is 8.69. The van der Waals surface area contributed by atoms with Crippen molar-refractivity contribution in [2.75, 3.05) is 20.3 Å². The van der Waals surface area contributed by atoms with Gasteiger partial charge in [0.1, 0.15) is 5.69 Å². The maximum atomic E-state index is 12.0. The summed E-state index contributed by atoms with van der Waals surface area (Å²) in [6, 6.07) is 6.07. The Morgan fingerprint density at radius 3 is 2.54 bits per heavy atom. The highest BCUT2D eigenvalue weighted by Crippen LogP contribution is 2.26. The molecule has 2 heterocycles. The van der Waals surface area contributed by atoms with Crippen LogP contribution in [0.5, 0.6) is 0 Å². The van der Waals surface area contributed by atoms with Crippen LogP contribution < -0.4 is 5.46 Å². The molecule has 1 fully saturated rings. The Balaban J connectivity index is 1.97. The van der Waals surface area contributed by atoms with Crippen molar-refractivity contribution in [2.24, 2.45) is 12.5 Å². The molecule has 7 heteroatoms. The Morgan fingerprint density at radius 1 is 1.27 bits per heavy atom. The molecule has 0 amide bonds. The maximum Gasteiger partial charge on any atom is 0.494 e. The van der Waals surface area contributed by atoms with Gasteiger partial charge in [-0.1, -0.05) is 37.6 Å². The summed E-state index contributed by atoms with van der Waals surface area (Å²) in [6.07, 6.45) is 0. The van der Waals surface area contributed by atoms with Crippen LogP contribution in [0.3, 0.4) is 0 Å². The van der Waals surface area contributed by atoms with Gasteiger partial charge < -0.3 is 14.0 Å². The van der Waals surface area contributed by atoms with E-state index in [1.807, 2.05) is 32.0 Å². The highest BCUT2D eigenvalue weighted by Gasteiger charge is 2.34. The Labute approximate surface area is 154 Å². The molecule has 6 nitrogen and oxygen atoms in total. The number of hydrogen-bond acceptors (Lipinski definition) is 5. The first kappa shape index (κ1) is 18.7. The fourth-order valence-corrected chi connectivity index (χ4v) is 3.20. The first-order chi connectivity index (χ1) is 12.2. The van der Waals surface area contributed by atoms with E-state index in [4.69, 9.17) is 14.0 Å². The first-order valence-electron chi connectivity index (χ1n) is 8.69. The number of nitrogens with zero attached hydrogens (tertiary/aromatic N) is 2. The highest BCUT2D eigenvalue weighted by atomic mass is 16.6. The molecule has 0 bridgehead atoms. The van der Waals surface area contributed by atoms with Crippen molar-refractivity contribution in [2.45, 2.75) is 27.7 Å². The molecule has 0 spiro atoms. The molecule has 0 unspecified atom stereocenters. The van der Waals surface area contributed by atoms with E-state index >= 15 is 0 Å². The van der Waals surface area contributed by atoms with Gasteiger partial charge in [-0.15, -0.1) is 0 Å². The van der Waals surface area contributed by atoms with Crippen LogP contribution in [0.4, 0.5) is 0 Å². The molecule has 0 aliphatic carbocycles. The molecule has 1 aromatic carbocycles. The minimum atomic E-state index is -0.391. The van der Waals surface area contributed by atoms with Crippen molar-refractivity contribution in [3.8, 4) is 11.3 Å². The van der Waals surface area contributed by atoms with Gasteiger partial charge in [0.25, 0.3) is 0 Å². The lowest BCUT2D eigenvalue weighted by Crippen LogP contribution is -2.48. The van der Waals surface area contributed by atoms with E-state index in [-0.39, 0.29) is 12.5 Å². The van der Waals surface area contributed by atoms with Crippen LogP contribution >= 0.6 is 0 Å². The number of carbonyl (C=O) groups excluding carboxylic acids is 1. The van der Waals surface area contributed by atoms with Crippen LogP contribution in [0.15, 0.2) is 18.2 Å². The van der Waals surface area contributed by atoms with E-state index in [0.717, 1.165) is 27.8 Å². The number of carbonyl (C=O) groups is 1. The van der Waals surface area contributed by atoms with Crippen LogP contribution in [0.1, 0.15) is 35.5 Å². The smallest absolute Gasteiger partial charge is 0.464 e. The van der Waals surface area contributed by atoms with E-state index < -0.39 is 5.97 Å². The van der Waals surface area contributed by atoms with E-state index in [9.17, 15) is 4.79 Å². The monoisotopic (exact) mass is 356 g/mol. The zero-order chi connectivity index (χ0) is 19.1. The van der Waals surface area contributed by atoms with Gasteiger partial charge in [0, 0.05) is 36.8 Å². The predicted octanol–water partition coefficient (Wildman–Crippen LogP) is 2.26. The Morgan fingerprint density at radius 2 is 1.92 bits per heavy atom. The van der Waals surface area contributed by atoms with E-state index in [2.05, 4.69) is 18.9 Å². The average molecular weight is 356 g/mol. The molecule has 1 aromatic heterocycles. The topological polar surface area (TPSA) is 62.6 Å². The molecule has 0 radical (unpaired) electrons. The third-order valence-electron chi connectivity index (χ3n) is 4.72. The number of aromatic nitrogens is 2. The lowest BCUT2D eigenvalue weighted by Gasteiger charge is -2.33. The van der Waals surface area contributed by atoms with E-state index in [0.29, 0.717) is 18.9 Å². The van der Waals surface area contributed by atoms with Crippen LogP contribution in [-0.2, 0) is 21.1 Å². The summed E-state index contributed by atoms with van der Waals surface area (Å²) in [7, 11) is 2.73. The second-order valence-electron chi connectivity index (χ2n) is 7.63. The van der Waals surface area contributed by atoms with Crippen LogP contribution in [0.25, 0.3) is 11.3 Å². The number of ether oxygens (including phenoxy) is 1. The summed E-state index contributed by atoms with van der Waals surface area (Å²) >= 11 is 0. The average Bonchev–Trinajstić information content (AvgIpc) is 2.89. The molecular formula is C19H25BN2O4. The summed E-state index contributed by atoms with van der Waals surface area (Å²) in [5.74, 6) is -0.391. The molecule has 0 saturated carbocycles. The quantitative estimate of drug-likeness (QED) is 0.624. The van der Waals surface area contributed by atoms with Gasteiger partial charge in [0.15, 0.2) is 0 Å². The molecule has 2 aromatic rings. The summed E-state index contributed by atoms with van der Waals surface area (Å²) in [6.45, 7) is 9.46. The highest BCUT2D eigenvalue weighted by molar-refractivity contribution is 6.62. The van der Waals surface area contributed by atoms with Crippen molar-refractivity contribution in [3.05, 3.63) is 35.0 Å². The van der Waals surface area contributed by atoms with E-state index in [1.54, 1.807) is 11.7 Å². The van der Waals surface area contributed by atoms with E-state index in [1.165, 1.54) is 7.11 Å². The van der Waals surface area contributed by atoms with Crippen molar-refractivity contribution in [3.63, 3.8) is 0 Å². The zero-order valence-corrected chi connectivity index (χ0v) is 16.3. The largest absolute Gasteiger partial charge is 0.494 e. The fraction of sp³-hybridized carbons (Fsp3) is 0.474. The predicted molar refractivity (Wildman–Crippen MR) is 101 cm³/mol. The third kappa shape index (κ3) is 3.41. The number of rotatable bonds is 3. The number of esters is 1. The molecule has 26 heavy (non-hydrogen) atoms. The second kappa shape index (κ2) is 6.89. The summed E-state index contributed by atoms with van der Waals surface area (Å²) in [5.41, 5.74) is 5.03. The number of methoxy groups -OCH3 is 1. The van der Waals surface area contributed by atoms with Crippen molar-refractivity contribution in [1.82, 2.24) is 9.78 Å². The summed E-state index contributed by atoms with van der Waals surface area (Å²) < 4.78 is 18.3. The molecule has 0 atom stereocenters. The Hall–Kier alpha value is -2.12. The number of benzene rings is 1. The Bertz CT molecular complexity index is 834. The Kier molecular flexibility index (Phi) is 4.95. The van der Waals surface area contributed by atoms with Crippen LogP contribution in [0.2, 0.25) is 0 Å². The van der Waals surface area contributed by atoms with Crippen molar-refractivity contribution in [1.29, 1.82) is 0 Å². The fourth-order valence-electron chi connectivity index (χ4n) is 3.20. The molecule has 1 aliphatic heterocycles. The lowest BCUT2D eigenvalue weighted by atomic mass is 9.73. The van der Waals surface area contributed by atoms with Gasteiger partial charge in [-0.2, -0.15) is 5.10 Å². The van der Waals surface area contributed by atoms with Gasteiger partial charge in [0.05, 0.1) is 12.8 Å². The molecule has 138 valence electrons. The summed E-state index contributed by atoms with van der Waals surface area (Å²) in [4.78, 5) is 12.0. The van der Waals surface area contributed by atoms with Crippen LogP contribution in [-0.4, -0.2) is 43.2 Å². The normalized spacial score (nSPS) is 16.6. The minimum absolute atomic E-state index is 0.0228. The standard InChI is InChI=1S/C19H25BN2O4/c1-12-7-8-14(9-15(12)20-25-10-19(3,4)11-26-20)16-13(2)17(18(23)24-6)22(5)21-16/h7-9H,10-11H2,1-6H3. The molecule has 3 rings (SSSR count). The summed E-state index contributed by atoms with van der Waals surface area (Å²) in [5, 5.41) is 4.52. The van der Waals surface area contributed by atoms with Gasteiger partial charge in [-0.3, -0.25) is 4.68 Å². The zero-order valence-electron chi connectivity index (χ0n) is 16.3. The number of aryl methyl sites for hydroxylation is 2. The maximum absolute atomic E-state index is 12.0. The van der Waals surface area contributed by atoms with Gasteiger partial charge in [-0.05, 0) is 19.3 Å².